The van der Waals surface area contributed by atoms with Crippen molar-refractivity contribution < 1.29 is 9.50 Å². The highest BCUT2D eigenvalue weighted by Crippen LogP contribution is 2.34. The molecule has 0 saturated heterocycles. The second-order valence-corrected chi connectivity index (χ2v) is 7.25. The number of halogens is 1. The zero-order valence-electron chi connectivity index (χ0n) is 16.1. The molecule has 0 spiro atoms. The van der Waals surface area contributed by atoms with Crippen molar-refractivity contribution in [2.24, 2.45) is 0 Å². The fourth-order valence-electron chi connectivity index (χ4n) is 3.69. The van der Waals surface area contributed by atoms with Crippen LogP contribution in [0.1, 0.15) is 28.8 Å². The molecule has 4 heteroatoms. The second-order valence-electron chi connectivity index (χ2n) is 7.25. The topological polar surface area (TPSA) is 38.1 Å². The van der Waals surface area contributed by atoms with Crippen LogP contribution in [0.4, 0.5) is 4.39 Å². The molecular formula is C25H23FN2O. The molecule has 29 heavy (non-hydrogen) atoms. The molecule has 0 amide bonds. The highest BCUT2D eigenvalue weighted by atomic mass is 19.1. The standard InChI is InChI=1S/C25H23FN2O/c26-23-13-11-22(12-14-23)25(29,16-15-20-7-3-1-4-8-20)24-17-27-19-28(24)18-21-9-5-2-6-10-21/h1-14,17,19,29H,15-16,18H2. The highest BCUT2D eigenvalue weighted by molar-refractivity contribution is 5.33. The largest absolute Gasteiger partial charge is 0.379 e. The molecule has 0 fully saturated rings. The van der Waals surface area contributed by atoms with Crippen molar-refractivity contribution >= 4 is 0 Å². The molecular weight excluding hydrogens is 363 g/mol. The number of imidazole rings is 1. The fourth-order valence-corrected chi connectivity index (χ4v) is 3.69. The lowest BCUT2D eigenvalue weighted by Gasteiger charge is -2.30. The molecule has 1 aromatic heterocycles. The molecule has 146 valence electrons. The van der Waals surface area contributed by atoms with Crippen molar-refractivity contribution in [3.05, 3.63) is 126 Å². The van der Waals surface area contributed by atoms with Crippen molar-refractivity contribution in [3.63, 3.8) is 0 Å². The number of benzene rings is 3. The summed E-state index contributed by atoms with van der Waals surface area (Å²) in [6.45, 7) is 0.602. The highest BCUT2D eigenvalue weighted by Gasteiger charge is 2.34. The van der Waals surface area contributed by atoms with E-state index in [9.17, 15) is 9.50 Å². The van der Waals surface area contributed by atoms with Crippen LogP contribution >= 0.6 is 0 Å². The summed E-state index contributed by atoms with van der Waals surface area (Å²) in [5.74, 6) is -0.322. The van der Waals surface area contributed by atoms with Gasteiger partial charge in [0.25, 0.3) is 0 Å². The minimum atomic E-state index is -1.28. The van der Waals surface area contributed by atoms with E-state index < -0.39 is 5.60 Å². The van der Waals surface area contributed by atoms with Crippen molar-refractivity contribution in [2.75, 3.05) is 0 Å². The Bertz CT molecular complexity index is 1050. The van der Waals surface area contributed by atoms with E-state index in [1.807, 2.05) is 65.2 Å². The third kappa shape index (κ3) is 4.28. The second kappa shape index (κ2) is 8.41. The molecule has 4 aromatic rings. The third-order valence-corrected chi connectivity index (χ3v) is 5.27. The van der Waals surface area contributed by atoms with Gasteiger partial charge in [-0.15, -0.1) is 0 Å². The number of aryl methyl sites for hydroxylation is 1. The van der Waals surface area contributed by atoms with Crippen molar-refractivity contribution in [1.82, 2.24) is 9.55 Å². The van der Waals surface area contributed by atoms with Crippen LogP contribution in [0.2, 0.25) is 0 Å². The lowest BCUT2D eigenvalue weighted by molar-refractivity contribution is 0.0631. The minimum absolute atomic E-state index is 0.322. The van der Waals surface area contributed by atoms with Gasteiger partial charge in [0.15, 0.2) is 0 Å². The van der Waals surface area contributed by atoms with Crippen molar-refractivity contribution in [2.45, 2.75) is 25.0 Å². The van der Waals surface area contributed by atoms with Crippen LogP contribution in [0.15, 0.2) is 97.5 Å². The maximum absolute atomic E-state index is 13.5. The van der Waals surface area contributed by atoms with Crippen LogP contribution in [-0.2, 0) is 18.6 Å². The molecule has 3 nitrogen and oxygen atoms in total. The van der Waals surface area contributed by atoms with E-state index in [1.54, 1.807) is 24.7 Å². The number of aromatic nitrogens is 2. The number of hydrogen-bond donors (Lipinski definition) is 1. The summed E-state index contributed by atoms with van der Waals surface area (Å²) in [7, 11) is 0. The molecule has 0 aliphatic heterocycles. The summed E-state index contributed by atoms with van der Waals surface area (Å²) in [5, 5.41) is 11.9. The van der Waals surface area contributed by atoms with Gasteiger partial charge in [0.05, 0.1) is 18.2 Å². The van der Waals surface area contributed by atoms with E-state index in [2.05, 4.69) is 4.98 Å². The first-order valence-electron chi connectivity index (χ1n) is 9.72. The van der Waals surface area contributed by atoms with Gasteiger partial charge in [-0.1, -0.05) is 72.8 Å². The molecule has 1 atom stereocenters. The molecule has 0 aliphatic rings. The quantitative estimate of drug-likeness (QED) is 0.489. The van der Waals surface area contributed by atoms with E-state index in [-0.39, 0.29) is 5.82 Å². The summed E-state index contributed by atoms with van der Waals surface area (Å²) < 4.78 is 15.5. The molecule has 0 saturated carbocycles. The summed E-state index contributed by atoms with van der Waals surface area (Å²) in [6.07, 6.45) is 4.59. The predicted octanol–water partition coefficient (Wildman–Crippen LogP) is 4.94. The maximum Gasteiger partial charge on any atom is 0.131 e. The molecule has 1 unspecified atom stereocenters. The van der Waals surface area contributed by atoms with Crippen molar-refractivity contribution in [1.29, 1.82) is 0 Å². The first-order valence-corrected chi connectivity index (χ1v) is 9.72. The van der Waals surface area contributed by atoms with Crippen LogP contribution in [-0.4, -0.2) is 14.7 Å². The molecule has 0 aliphatic carbocycles. The average molecular weight is 386 g/mol. The number of nitrogens with zero attached hydrogens (tertiary/aromatic N) is 2. The SMILES string of the molecule is OC(CCc1ccccc1)(c1ccc(F)cc1)c1cncn1Cc1ccccc1. The normalized spacial score (nSPS) is 13.2. The lowest BCUT2D eigenvalue weighted by Crippen LogP contribution is -2.31. The minimum Gasteiger partial charge on any atom is -0.379 e. The molecule has 1 N–H and O–H groups in total. The number of rotatable bonds is 7. The van der Waals surface area contributed by atoms with Gasteiger partial charge < -0.3 is 9.67 Å². The lowest BCUT2D eigenvalue weighted by atomic mass is 9.85. The summed E-state index contributed by atoms with van der Waals surface area (Å²) in [5.41, 5.74) is 2.33. The Morgan fingerprint density at radius 2 is 1.45 bits per heavy atom. The average Bonchev–Trinajstić information content (AvgIpc) is 3.23. The maximum atomic E-state index is 13.5. The van der Waals surface area contributed by atoms with Gasteiger partial charge in [0, 0.05) is 6.54 Å². The van der Waals surface area contributed by atoms with Crippen LogP contribution < -0.4 is 0 Å². The number of hydrogen-bond acceptors (Lipinski definition) is 2. The van der Waals surface area contributed by atoms with Gasteiger partial charge in [-0.05, 0) is 41.7 Å². The fraction of sp³-hybridized carbons (Fsp3) is 0.160. The molecule has 1 heterocycles. The van der Waals surface area contributed by atoms with Crippen LogP contribution in [0.5, 0.6) is 0 Å². The summed E-state index contributed by atoms with van der Waals surface area (Å²) in [6, 6.07) is 26.2. The molecule has 4 rings (SSSR count). The summed E-state index contributed by atoms with van der Waals surface area (Å²) >= 11 is 0. The Morgan fingerprint density at radius 1 is 0.828 bits per heavy atom. The van der Waals surface area contributed by atoms with E-state index in [1.165, 1.54) is 12.1 Å². The van der Waals surface area contributed by atoms with E-state index in [4.69, 9.17) is 0 Å². The Kier molecular flexibility index (Phi) is 5.54. The monoisotopic (exact) mass is 386 g/mol. The van der Waals surface area contributed by atoms with Gasteiger partial charge in [-0.25, -0.2) is 9.37 Å². The van der Waals surface area contributed by atoms with Crippen LogP contribution in [0.25, 0.3) is 0 Å². The Labute approximate surface area is 170 Å². The Hall–Kier alpha value is -3.24. The molecule has 3 aromatic carbocycles. The van der Waals surface area contributed by atoms with E-state index in [0.717, 1.165) is 11.1 Å². The van der Waals surface area contributed by atoms with Crippen LogP contribution in [0, 0.1) is 5.82 Å². The van der Waals surface area contributed by atoms with Crippen molar-refractivity contribution in [3.8, 4) is 0 Å². The smallest absolute Gasteiger partial charge is 0.131 e. The molecule has 0 radical (unpaired) electrons. The molecule has 0 bridgehead atoms. The summed E-state index contributed by atoms with van der Waals surface area (Å²) in [4.78, 5) is 4.31. The van der Waals surface area contributed by atoms with Gasteiger partial charge in [-0.2, -0.15) is 0 Å². The first kappa shape index (κ1) is 19.1. The Balaban J connectivity index is 1.71. The van der Waals surface area contributed by atoms with Gasteiger partial charge in [0.1, 0.15) is 11.4 Å². The van der Waals surface area contributed by atoms with Gasteiger partial charge >= 0.3 is 0 Å². The third-order valence-electron chi connectivity index (χ3n) is 5.27. The van der Waals surface area contributed by atoms with Gasteiger partial charge in [-0.3, -0.25) is 0 Å². The predicted molar refractivity (Wildman–Crippen MR) is 112 cm³/mol. The number of aliphatic hydroxyl groups is 1. The van der Waals surface area contributed by atoms with E-state index >= 15 is 0 Å². The Morgan fingerprint density at radius 3 is 2.10 bits per heavy atom. The van der Waals surface area contributed by atoms with Gasteiger partial charge in [0.2, 0.25) is 0 Å². The zero-order valence-corrected chi connectivity index (χ0v) is 16.1. The zero-order chi connectivity index (χ0) is 20.1. The van der Waals surface area contributed by atoms with E-state index in [0.29, 0.717) is 30.6 Å². The first-order chi connectivity index (χ1) is 14.1. The van der Waals surface area contributed by atoms with Crippen LogP contribution in [0.3, 0.4) is 0 Å².